The molecule has 0 radical (unpaired) electrons. The minimum atomic E-state index is 0.640. The third-order valence-electron chi connectivity index (χ3n) is 4.00. The third-order valence-corrected chi connectivity index (χ3v) is 4.00. The molecule has 1 aromatic carbocycles. The van der Waals surface area contributed by atoms with E-state index in [2.05, 4.69) is 17.4 Å². The van der Waals surface area contributed by atoms with E-state index in [0.29, 0.717) is 5.92 Å². The van der Waals surface area contributed by atoms with Crippen LogP contribution in [0.4, 0.5) is 0 Å². The average Bonchev–Trinajstić information content (AvgIpc) is 3.27. The molecule has 0 amide bonds. The number of ether oxygens (including phenoxy) is 2. The first-order chi connectivity index (χ1) is 8.83. The van der Waals surface area contributed by atoms with E-state index in [1.54, 1.807) is 14.2 Å². The molecule has 0 heterocycles. The van der Waals surface area contributed by atoms with Gasteiger partial charge in [-0.05, 0) is 43.7 Å². The van der Waals surface area contributed by atoms with Gasteiger partial charge in [0.2, 0.25) is 0 Å². The summed E-state index contributed by atoms with van der Waals surface area (Å²) in [6.07, 6.45) is 3.99. The molecule has 2 aliphatic carbocycles. The normalized spacial score (nSPS) is 25.9. The molecule has 0 spiro atoms. The zero-order valence-electron chi connectivity index (χ0n) is 11.1. The Bertz CT molecular complexity index is 429. The van der Waals surface area contributed by atoms with Gasteiger partial charge < -0.3 is 14.8 Å². The molecule has 3 rings (SSSR count). The maximum Gasteiger partial charge on any atom is 0.164 e. The molecule has 1 aromatic rings. The van der Waals surface area contributed by atoms with E-state index in [1.807, 2.05) is 6.07 Å². The summed E-state index contributed by atoms with van der Waals surface area (Å²) in [7, 11) is 3.42. The molecular weight excluding hydrogens is 226 g/mol. The van der Waals surface area contributed by atoms with Crippen LogP contribution in [-0.4, -0.2) is 26.8 Å². The Labute approximate surface area is 108 Å². The monoisotopic (exact) mass is 247 g/mol. The molecule has 2 atom stereocenters. The summed E-state index contributed by atoms with van der Waals surface area (Å²) in [5.41, 5.74) is 1.31. The predicted molar refractivity (Wildman–Crippen MR) is 71.4 cm³/mol. The Morgan fingerprint density at radius 1 is 1.22 bits per heavy atom. The van der Waals surface area contributed by atoms with Gasteiger partial charge in [-0.15, -0.1) is 0 Å². The number of rotatable bonds is 6. The lowest BCUT2D eigenvalue weighted by Crippen LogP contribution is -2.19. The van der Waals surface area contributed by atoms with Crippen molar-refractivity contribution in [1.82, 2.24) is 5.32 Å². The van der Waals surface area contributed by atoms with Crippen molar-refractivity contribution in [2.24, 2.45) is 5.92 Å². The van der Waals surface area contributed by atoms with Crippen LogP contribution in [-0.2, 0) is 0 Å². The lowest BCUT2D eigenvalue weighted by atomic mass is 10.1. The Morgan fingerprint density at radius 3 is 2.72 bits per heavy atom. The first-order valence-electron chi connectivity index (χ1n) is 6.77. The molecule has 2 unspecified atom stereocenters. The van der Waals surface area contributed by atoms with Gasteiger partial charge >= 0.3 is 0 Å². The second kappa shape index (κ2) is 4.81. The summed E-state index contributed by atoms with van der Waals surface area (Å²) < 4.78 is 10.9. The molecule has 0 aromatic heterocycles. The lowest BCUT2D eigenvalue weighted by molar-refractivity contribution is 0.351. The van der Waals surface area contributed by atoms with E-state index in [4.69, 9.17) is 9.47 Å². The minimum absolute atomic E-state index is 0.640. The fourth-order valence-corrected chi connectivity index (χ4v) is 2.66. The summed E-state index contributed by atoms with van der Waals surface area (Å²) in [5, 5.41) is 3.61. The van der Waals surface area contributed by atoms with Crippen LogP contribution in [0.15, 0.2) is 18.2 Å². The van der Waals surface area contributed by atoms with E-state index in [1.165, 1.54) is 24.8 Å². The maximum absolute atomic E-state index is 5.51. The number of hydrogen-bond donors (Lipinski definition) is 1. The quantitative estimate of drug-likeness (QED) is 0.838. The molecule has 98 valence electrons. The molecule has 2 saturated carbocycles. The second-order valence-corrected chi connectivity index (χ2v) is 5.37. The van der Waals surface area contributed by atoms with Crippen LogP contribution in [0.1, 0.15) is 30.7 Å². The zero-order valence-corrected chi connectivity index (χ0v) is 11.1. The molecule has 2 aliphatic rings. The van der Waals surface area contributed by atoms with Gasteiger partial charge in [0.1, 0.15) is 0 Å². The highest BCUT2D eigenvalue weighted by Crippen LogP contribution is 2.52. The van der Waals surface area contributed by atoms with E-state index >= 15 is 0 Å². The Hall–Kier alpha value is -1.22. The van der Waals surface area contributed by atoms with Crippen LogP contribution < -0.4 is 14.8 Å². The molecule has 18 heavy (non-hydrogen) atoms. The third kappa shape index (κ3) is 2.32. The van der Waals surface area contributed by atoms with Crippen LogP contribution in [0.2, 0.25) is 0 Å². The Morgan fingerprint density at radius 2 is 2.06 bits per heavy atom. The molecule has 2 fully saturated rings. The largest absolute Gasteiger partial charge is 0.493 e. The van der Waals surface area contributed by atoms with Gasteiger partial charge in [-0.1, -0.05) is 12.1 Å². The van der Waals surface area contributed by atoms with Crippen LogP contribution >= 0.6 is 0 Å². The van der Waals surface area contributed by atoms with Crippen molar-refractivity contribution in [2.45, 2.75) is 31.2 Å². The van der Waals surface area contributed by atoms with E-state index in [-0.39, 0.29) is 0 Å². The predicted octanol–water partition coefficient (Wildman–Crippen LogP) is 2.56. The molecule has 1 N–H and O–H groups in total. The lowest BCUT2D eigenvalue weighted by Gasteiger charge is -2.12. The van der Waals surface area contributed by atoms with Crippen LogP contribution in [0, 0.1) is 5.92 Å². The van der Waals surface area contributed by atoms with Gasteiger partial charge in [-0.2, -0.15) is 0 Å². The highest BCUT2D eigenvalue weighted by atomic mass is 16.5. The molecule has 0 bridgehead atoms. The molecule has 0 saturated heterocycles. The van der Waals surface area contributed by atoms with Gasteiger partial charge in [0, 0.05) is 11.6 Å². The summed E-state index contributed by atoms with van der Waals surface area (Å²) in [5.74, 6) is 3.17. The van der Waals surface area contributed by atoms with E-state index in [9.17, 15) is 0 Å². The number of benzene rings is 1. The summed E-state index contributed by atoms with van der Waals surface area (Å²) in [6.45, 7) is 1.15. The van der Waals surface area contributed by atoms with E-state index in [0.717, 1.165) is 30.0 Å². The van der Waals surface area contributed by atoms with Crippen LogP contribution in [0.5, 0.6) is 11.5 Å². The molecule has 0 aliphatic heterocycles. The van der Waals surface area contributed by atoms with Crippen molar-refractivity contribution in [1.29, 1.82) is 0 Å². The highest BCUT2D eigenvalue weighted by Gasteiger charge is 2.41. The molecule has 3 nitrogen and oxygen atoms in total. The van der Waals surface area contributed by atoms with Gasteiger partial charge in [-0.25, -0.2) is 0 Å². The fourth-order valence-electron chi connectivity index (χ4n) is 2.66. The zero-order chi connectivity index (χ0) is 12.5. The van der Waals surface area contributed by atoms with E-state index < -0.39 is 0 Å². The van der Waals surface area contributed by atoms with Gasteiger partial charge in [0.25, 0.3) is 0 Å². The van der Waals surface area contributed by atoms with Crippen molar-refractivity contribution in [2.75, 3.05) is 20.8 Å². The van der Waals surface area contributed by atoms with Crippen molar-refractivity contribution < 1.29 is 9.47 Å². The number of hydrogen-bond acceptors (Lipinski definition) is 3. The summed E-state index contributed by atoms with van der Waals surface area (Å²) in [6, 6.07) is 6.99. The number of para-hydroxylation sites is 1. The van der Waals surface area contributed by atoms with Crippen molar-refractivity contribution in [3.8, 4) is 11.5 Å². The number of methoxy groups -OCH3 is 2. The van der Waals surface area contributed by atoms with Gasteiger partial charge in [0.15, 0.2) is 11.5 Å². The fraction of sp³-hybridized carbons (Fsp3) is 0.600. The SMILES string of the molecule is COc1cccc(C2CC2CNC2CC2)c1OC. The topological polar surface area (TPSA) is 30.5 Å². The molecular formula is C15H21NO2. The maximum atomic E-state index is 5.51. The number of nitrogens with one attached hydrogen (secondary N) is 1. The average molecular weight is 247 g/mol. The van der Waals surface area contributed by atoms with Crippen LogP contribution in [0.3, 0.4) is 0 Å². The first kappa shape index (κ1) is 11.8. The van der Waals surface area contributed by atoms with Crippen molar-refractivity contribution in [3.63, 3.8) is 0 Å². The van der Waals surface area contributed by atoms with Gasteiger partial charge in [-0.3, -0.25) is 0 Å². The van der Waals surface area contributed by atoms with Crippen molar-refractivity contribution >= 4 is 0 Å². The second-order valence-electron chi connectivity index (χ2n) is 5.37. The van der Waals surface area contributed by atoms with Gasteiger partial charge in [0.05, 0.1) is 14.2 Å². The van der Waals surface area contributed by atoms with Crippen LogP contribution in [0.25, 0.3) is 0 Å². The smallest absolute Gasteiger partial charge is 0.164 e. The van der Waals surface area contributed by atoms with Crippen molar-refractivity contribution in [3.05, 3.63) is 23.8 Å². The summed E-state index contributed by atoms with van der Waals surface area (Å²) >= 11 is 0. The molecule has 3 heteroatoms. The first-order valence-corrected chi connectivity index (χ1v) is 6.77. The minimum Gasteiger partial charge on any atom is -0.493 e. The Balaban J connectivity index is 1.68. The highest BCUT2D eigenvalue weighted by molar-refractivity contribution is 5.50. The summed E-state index contributed by atoms with van der Waals surface area (Å²) in [4.78, 5) is 0. The Kier molecular flexibility index (Phi) is 3.16. The standard InChI is InChI=1S/C15H21NO2/c1-17-14-5-3-4-12(15(14)18-2)13-8-10(13)9-16-11-6-7-11/h3-5,10-11,13,16H,6-9H2,1-2H3.